The van der Waals surface area contributed by atoms with Crippen molar-refractivity contribution in [2.45, 2.75) is 12.6 Å². The van der Waals surface area contributed by atoms with Gasteiger partial charge in [-0.05, 0) is 0 Å². The van der Waals surface area contributed by atoms with Gasteiger partial charge in [0.05, 0.1) is 18.9 Å². The van der Waals surface area contributed by atoms with E-state index in [1.54, 1.807) is 0 Å². The molecule has 0 amide bonds. The molecule has 1 rings (SSSR count). The Morgan fingerprint density at radius 2 is 2.00 bits per heavy atom. The zero-order valence-electron chi connectivity index (χ0n) is 8.76. The molecule has 0 radical (unpaired) electrons. The molecule has 18 heavy (non-hydrogen) atoms. The molecule has 0 aliphatic carbocycles. The van der Waals surface area contributed by atoms with Gasteiger partial charge in [0.1, 0.15) is 11.3 Å². The van der Waals surface area contributed by atoms with Crippen molar-refractivity contribution in [3.8, 4) is 5.75 Å². The second-order valence-corrected chi connectivity index (χ2v) is 3.07. The minimum atomic E-state index is -5.18. The van der Waals surface area contributed by atoms with Gasteiger partial charge in [0, 0.05) is 0 Å². The Hall–Kier alpha value is -1.93. The monoisotopic (exact) mass is 271 g/mol. The second kappa shape index (κ2) is 4.75. The third-order valence-electron chi connectivity index (χ3n) is 2.01. The van der Waals surface area contributed by atoms with E-state index in [1.807, 2.05) is 0 Å². The van der Waals surface area contributed by atoms with E-state index < -0.39 is 41.1 Å². The number of pyridine rings is 1. The normalized spacial score (nSPS) is 11.7. The number of carboxylic acid groups (broad SMARTS) is 1. The molecule has 0 spiro atoms. The number of ether oxygens (including phenoxy) is 1. The van der Waals surface area contributed by atoms with Crippen LogP contribution in [0.1, 0.15) is 28.0 Å². The molecule has 9 heteroatoms. The Bertz CT molecular complexity index is 472. The first-order valence-corrected chi connectivity index (χ1v) is 4.35. The number of carboxylic acids is 1. The average Bonchev–Trinajstić information content (AvgIpc) is 2.25. The summed E-state index contributed by atoms with van der Waals surface area (Å²) >= 11 is 0. The van der Waals surface area contributed by atoms with E-state index in [0.29, 0.717) is 6.20 Å². The highest BCUT2D eigenvalue weighted by molar-refractivity contribution is 5.88. The molecule has 0 aromatic carbocycles. The highest BCUT2D eigenvalue weighted by Gasteiger charge is 2.42. The summed E-state index contributed by atoms with van der Waals surface area (Å²) in [5, 5.41) is 8.56. The van der Waals surface area contributed by atoms with Crippen molar-refractivity contribution in [3.05, 3.63) is 23.0 Å². The first-order chi connectivity index (χ1) is 8.20. The lowest BCUT2D eigenvalue weighted by Gasteiger charge is -2.17. The Morgan fingerprint density at radius 3 is 2.33 bits per heavy atom. The van der Waals surface area contributed by atoms with Gasteiger partial charge in [0.2, 0.25) is 0 Å². The first-order valence-electron chi connectivity index (χ1n) is 4.35. The molecule has 0 aliphatic rings. The molecule has 4 nitrogen and oxygen atoms in total. The summed E-state index contributed by atoms with van der Waals surface area (Å²) in [6, 6.07) is 0. The number of aromatic nitrogens is 1. The van der Waals surface area contributed by atoms with Crippen LogP contribution in [0.4, 0.5) is 22.0 Å². The van der Waals surface area contributed by atoms with E-state index in [-0.39, 0.29) is 0 Å². The molecule has 0 unspecified atom stereocenters. The molecule has 1 N–H and O–H groups in total. The van der Waals surface area contributed by atoms with E-state index in [4.69, 9.17) is 5.11 Å². The molecule has 0 atom stereocenters. The topological polar surface area (TPSA) is 59.4 Å². The minimum Gasteiger partial charge on any atom is -0.494 e. The first kappa shape index (κ1) is 14.1. The van der Waals surface area contributed by atoms with E-state index in [9.17, 15) is 26.7 Å². The van der Waals surface area contributed by atoms with Crippen LogP contribution in [0.25, 0.3) is 0 Å². The minimum absolute atomic E-state index is 0.443. The third-order valence-corrected chi connectivity index (χ3v) is 2.01. The van der Waals surface area contributed by atoms with E-state index in [1.165, 1.54) is 0 Å². The molecular formula is C9H6F5NO3. The molecule has 0 saturated carbocycles. The SMILES string of the molecule is COc1cnc(C(=O)O)c(C(F)F)c1C(F)(F)F. The predicted molar refractivity (Wildman–Crippen MR) is 47.7 cm³/mol. The standard InChI is InChI=1S/C9H6F5NO3/c1-18-3-2-15-6(8(16)17)4(7(10)11)5(3)9(12,13)14/h2,7H,1H3,(H,16,17). The summed E-state index contributed by atoms with van der Waals surface area (Å²) < 4.78 is 67.6. The zero-order chi connectivity index (χ0) is 14.1. The van der Waals surface area contributed by atoms with Gasteiger partial charge in [-0.3, -0.25) is 0 Å². The summed E-state index contributed by atoms with van der Waals surface area (Å²) in [7, 11) is 0.835. The van der Waals surface area contributed by atoms with Gasteiger partial charge in [-0.25, -0.2) is 18.6 Å². The van der Waals surface area contributed by atoms with Crippen LogP contribution in [-0.2, 0) is 6.18 Å². The van der Waals surface area contributed by atoms with E-state index >= 15 is 0 Å². The van der Waals surface area contributed by atoms with Crippen LogP contribution in [0.2, 0.25) is 0 Å². The molecule has 1 aromatic rings. The van der Waals surface area contributed by atoms with Crippen molar-refractivity contribution in [2.75, 3.05) is 7.11 Å². The Morgan fingerprint density at radius 1 is 1.44 bits per heavy atom. The lowest BCUT2D eigenvalue weighted by molar-refractivity contribution is -0.140. The van der Waals surface area contributed by atoms with Crippen LogP contribution in [0, 0.1) is 0 Å². The van der Waals surface area contributed by atoms with Crippen LogP contribution < -0.4 is 4.74 Å². The fraction of sp³-hybridized carbons (Fsp3) is 0.333. The van der Waals surface area contributed by atoms with E-state index in [0.717, 1.165) is 7.11 Å². The smallest absolute Gasteiger partial charge is 0.420 e. The van der Waals surface area contributed by atoms with Crippen molar-refractivity contribution in [1.29, 1.82) is 0 Å². The lowest BCUT2D eigenvalue weighted by Crippen LogP contribution is -2.17. The maximum atomic E-state index is 12.7. The number of hydrogen-bond donors (Lipinski definition) is 1. The molecular weight excluding hydrogens is 265 g/mol. The average molecular weight is 271 g/mol. The van der Waals surface area contributed by atoms with Gasteiger partial charge in [-0.2, -0.15) is 13.2 Å². The highest BCUT2D eigenvalue weighted by Crippen LogP contribution is 2.42. The van der Waals surface area contributed by atoms with Crippen LogP contribution in [0.5, 0.6) is 5.75 Å². The number of aromatic carboxylic acids is 1. The fourth-order valence-corrected chi connectivity index (χ4v) is 1.34. The van der Waals surface area contributed by atoms with Crippen molar-refractivity contribution in [2.24, 2.45) is 0 Å². The second-order valence-electron chi connectivity index (χ2n) is 3.07. The number of halogens is 5. The fourth-order valence-electron chi connectivity index (χ4n) is 1.34. The summed E-state index contributed by atoms with van der Waals surface area (Å²) in [5.41, 5.74) is -4.88. The molecule has 1 aromatic heterocycles. The number of alkyl halides is 5. The number of rotatable bonds is 3. The highest BCUT2D eigenvalue weighted by atomic mass is 19.4. The maximum absolute atomic E-state index is 12.7. The lowest BCUT2D eigenvalue weighted by atomic mass is 10.1. The maximum Gasteiger partial charge on any atom is 0.420 e. The Balaban J connectivity index is 3.71. The Labute approximate surface area is 97.0 Å². The van der Waals surface area contributed by atoms with Crippen LogP contribution in [0.15, 0.2) is 6.20 Å². The number of carbonyl (C=O) groups is 1. The summed E-state index contributed by atoms with van der Waals surface area (Å²) in [4.78, 5) is 13.6. The summed E-state index contributed by atoms with van der Waals surface area (Å²) in [5.74, 6) is -2.93. The summed E-state index contributed by atoms with van der Waals surface area (Å²) in [6.07, 6.45) is -8.38. The zero-order valence-corrected chi connectivity index (χ0v) is 8.76. The molecule has 0 saturated heterocycles. The van der Waals surface area contributed by atoms with Crippen LogP contribution in [-0.4, -0.2) is 23.2 Å². The quantitative estimate of drug-likeness (QED) is 0.859. The number of methoxy groups -OCH3 is 1. The van der Waals surface area contributed by atoms with Gasteiger partial charge < -0.3 is 9.84 Å². The summed E-state index contributed by atoms with van der Waals surface area (Å²) in [6.45, 7) is 0. The van der Waals surface area contributed by atoms with E-state index in [2.05, 4.69) is 9.72 Å². The van der Waals surface area contributed by atoms with Crippen molar-refractivity contribution >= 4 is 5.97 Å². The molecule has 0 fully saturated rings. The molecule has 100 valence electrons. The van der Waals surface area contributed by atoms with Gasteiger partial charge in [-0.15, -0.1) is 0 Å². The van der Waals surface area contributed by atoms with Crippen molar-refractivity contribution in [1.82, 2.24) is 4.98 Å². The van der Waals surface area contributed by atoms with Crippen molar-refractivity contribution in [3.63, 3.8) is 0 Å². The van der Waals surface area contributed by atoms with Gasteiger partial charge in [-0.1, -0.05) is 0 Å². The van der Waals surface area contributed by atoms with Gasteiger partial charge in [0.15, 0.2) is 5.69 Å². The molecule has 0 bridgehead atoms. The number of nitrogens with zero attached hydrogens (tertiary/aromatic N) is 1. The van der Waals surface area contributed by atoms with Crippen LogP contribution in [0.3, 0.4) is 0 Å². The molecule has 1 heterocycles. The molecule has 0 aliphatic heterocycles. The Kier molecular flexibility index (Phi) is 3.73. The van der Waals surface area contributed by atoms with Gasteiger partial charge in [0.25, 0.3) is 6.43 Å². The largest absolute Gasteiger partial charge is 0.494 e. The number of hydrogen-bond acceptors (Lipinski definition) is 3. The van der Waals surface area contributed by atoms with Crippen molar-refractivity contribution < 1.29 is 36.6 Å². The van der Waals surface area contributed by atoms with Crippen LogP contribution >= 0.6 is 0 Å². The van der Waals surface area contributed by atoms with Gasteiger partial charge >= 0.3 is 12.1 Å². The predicted octanol–water partition coefficient (Wildman–Crippen LogP) is 2.74. The third kappa shape index (κ3) is 2.49.